The smallest absolute Gasteiger partial charge is 0.243 e. The fraction of sp³-hybridized carbons (Fsp3) is 0.250. The Morgan fingerprint density at radius 1 is 1.21 bits per heavy atom. The zero-order chi connectivity index (χ0) is 19.9. The molecule has 2 heterocycles. The number of nitrogens with one attached hydrogen (secondary N) is 1. The van der Waals surface area contributed by atoms with E-state index in [1.807, 2.05) is 29.8 Å². The molecule has 0 aliphatic carbocycles. The highest BCUT2D eigenvalue weighted by molar-refractivity contribution is 7.20. The summed E-state index contributed by atoms with van der Waals surface area (Å²) in [6.07, 6.45) is 0.183. The van der Waals surface area contributed by atoms with Crippen LogP contribution in [0.25, 0.3) is 9.88 Å². The van der Waals surface area contributed by atoms with Gasteiger partial charge in [-0.25, -0.2) is 4.98 Å². The number of ether oxygens (including phenoxy) is 1. The molecule has 8 heteroatoms. The summed E-state index contributed by atoms with van der Waals surface area (Å²) < 4.78 is 5.15. The van der Waals surface area contributed by atoms with E-state index in [9.17, 15) is 9.59 Å². The van der Waals surface area contributed by atoms with Gasteiger partial charge in [-0.05, 0) is 30.5 Å². The highest BCUT2D eigenvalue weighted by Gasteiger charge is 2.18. The SMILES string of the molecule is CCN(CC(=O)Nc1cccc(OC)c1)C(=O)Cc1csc(-c2cccs2)n1. The van der Waals surface area contributed by atoms with E-state index >= 15 is 0 Å². The molecule has 0 saturated heterocycles. The molecule has 3 aromatic rings. The Hall–Kier alpha value is -2.71. The van der Waals surface area contributed by atoms with Gasteiger partial charge in [0.25, 0.3) is 0 Å². The maximum atomic E-state index is 12.6. The number of benzene rings is 1. The highest BCUT2D eigenvalue weighted by atomic mass is 32.1. The average Bonchev–Trinajstić information content (AvgIpc) is 3.38. The van der Waals surface area contributed by atoms with Gasteiger partial charge >= 0.3 is 0 Å². The Kier molecular flexibility index (Phi) is 6.78. The van der Waals surface area contributed by atoms with Crippen LogP contribution in [0.5, 0.6) is 5.75 Å². The first-order valence-corrected chi connectivity index (χ1v) is 10.5. The van der Waals surface area contributed by atoms with E-state index in [1.54, 1.807) is 42.7 Å². The number of carbonyl (C=O) groups is 2. The zero-order valence-electron chi connectivity index (χ0n) is 15.7. The Balaban J connectivity index is 1.58. The van der Waals surface area contributed by atoms with Crippen molar-refractivity contribution in [2.45, 2.75) is 13.3 Å². The van der Waals surface area contributed by atoms with Crippen molar-refractivity contribution in [2.24, 2.45) is 0 Å². The molecular formula is C20H21N3O3S2. The van der Waals surface area contributed by atoms with E-state index in [0.29, 0.717) is 18.0 Å². The number of aromatic nitrogens is 1. The van der Waals surface area contributed by atoms with Crippen LogP contribution in [0.15, 0.2) is 47.2 Å². The van der Waals surface area contributed by atoms with Crippen LogP contribution in [-0.4, -0.2) is 41.9 Å². The van der Waals surface area contributed by atoms with Crippen molar-refractivity contribution >= 4 is 40.2 Å². The van der Waals surface area contributed by atoms with Crippen molar-refractivity contribution in [3.63, 3.8) is 0 Å². The fourth-order valence-electron chi connectivity index (χ4n) is 2.62. The van der Waals surface area contributed by atoms with Gasteiger partial charge in [-0.2, -0.15) is 0 Å². The minimum atomic E-state index is -0.249. The lowest BCUT2D eigenvalue weighted by Crippen LogP contribution is -2.38. The van der Waals surface area contributed by atoms with Crippen LogP contribution in [0.2, 0.25) is 0 Å². The average molecular weight is 416 g/mol. The number of hydrogen-bond acceptors (Lipinski definition) is 6. The van der Waals surface area contributed by atoms with Gasteiger partial charge in [-0.3, -0.25) is 9.59 Å². The van der Waals surface area contributed by atoms with E-state index < -0.39 is 0 Å². The molecule has 1 N–H and O–H groups in total. The van der Waals surface area contributed by atoms with Crippen molar-refractivity contribution in [3.05, 3.63) is 52.9 Å². The summed E-state index contributed by atoms with van der Waals surface area (Å²) >= 11 is 3.15. The molecule has 1 aromatic carbocycles. The number of amides is 2. The Morgan fingerprint density at radius 3 is 2.79 bits per heavy atom. The lowest BCUT2D eigenvalue weighted by atomic mass is 10.2. The Morgan fingerprint density at radius 2 is 2.07 bits per heavy atom. The van der Waals surface area contributed by atoms with Crippen LogP contribution in [0.3, 0.4) is 0 Å². The predicted molar refractivity (Wildman–Crippen MR) is 113 cm³/mol. The van der Waals surface area contributed by atoms with Crippen molar-refractivity contribution in [3.8, 4) is 15.6 Å². The molecule has 0 bridgehead atoms. The first kappa shape index (κ1) is 20.0. The number of methoxy groups -OCH3 is 1. The monoisotopic (exact) mass is 415 g/mol. The number of carbonyl (C=O) groups excluding carboxylic acids is 2. The summed E-state index contributed by atoms with van der Waals surface area (Å²) in [6.45, 7) is 2.30. The number of anilines is 1. The van der Waals surface area contributed by atoms with Gasteiger partial charge in [0, 0.05) is 23.7 Å². The summed E-state index contributed by atoms with van der Waals surface area (Å²) in [5.41, 5.74) is 1.36. The van der Waals surface area contributed by atoms with Crippen molar-refractivity contribution < 1.29 is 14.3 Å². The van der Waals surface area contributed by atoms with Gasteiger partial charge in [-0.1, -0.05) is 12.1 Å². The number of rotatable bonds is 8. The molecule has 0 aliphatic rings. The van der Waals surface area contributed by atoms with Crippen molar-refractivity contribution in [1.29, 1.82) is 0 Å². The second-order valence-corrected chi connectivity index (χ2v) is 7.79. The van der Waals surface area contributed by atoms with Gasteiger partial charge in [-0.15, -0.1) is 22.7 Å². The summed E-state index contributed by atoms with van der Waals surface area (Å²) in [7, 11) is 1.57. The number of hydrogen-bond donors (Lipinski definition) is 1. The molecule has 0 atom stereocenters. The lowest BCUT2D eigenvalue weighted by molar-refractivity contribution is -0.133. The van der Waals surface area contributed by atoms with Crippen LogP contribution in [0.4, 0.5) is 5.69 Å². The molecule has 2 aromatic heterocycles. The standard InChI is InChI=1S/C20H21N3O3S2/c1-3-23(12-18(24)21-14-6-4-7-16(10-14)26-2)19(25)11-15-13-28-20(22-15)17-8-5-9-27-17/h4-10,13H,3,11-12H2,1-2H3,(H,21,24). The second kappa shape index (κ2) is 9.48. The molecular weight excluding hydrogens is 394 g/mol. The third kappa shape index (κ3) is 5.17. The first-order chi connectivity index (χ1) is 13.6. The topological polar surface area (TPSA) is 71.5 Å². The minimum absolute atomic E-state index is 0.00549. The molecule has 0 radical (unpaired) electrons. The molecule has 0 spiro atoms. The van der Waals surface area contributed by atoms with E-state index in [-0.39, 0.29) is 24.8 Å². The van der Waals surface area contributed by atoms with Crippen LogP contribution >= 0.6 is 22.7 Å². The zero-order valence-corrected chi connectivity index (χ0v) is 17.3. The van der Waals surface area contributed by atoms with Crippen LogP contribution in [0, 0.1) is 0 Å². The molecule has 0 unspecified atom stereocenters. The molecule has 3 rings (SSSR count). The van der Waals surface area contributed by atoms with E-state index in [2.05, 4.69) is 10.3 Å². The Bertz CT molecular complexity index is 938. The molecule has 28 heavy (non-hydrogen) atoms. The van der Waals surface area contributed by atoms with E-state index in [0.717, 1.165) is 15.6 Å². The van der Waals surface area contributed by atoms with Gasteiger partial charge in [0.05, 0.1) is 30.6 Å². The quantitative estimate of drug-likeness (QED) is 0.605. The molecule has 2 amide bonds. The maximum absolute atomic E-state index is 12.6. The van der Waals surface area contributed by atoms with E-state index in [4.69, 9.17) is 4.74 Å². The predicted octanol–water partition coefficient (Wildman–Crippen LogP) is 3.91. The molecule has 0 aliphatic heterocycles. The number of thiophene rings is 1. The Labute approximate surface area is 171 Å². The van der Waals surface area contributed by atoms with Crippen molar-refractivity contribution in [2.75, 3.05) is 25.5 Å². The maximum Gasteiger partial charge on any atom is 0.243 e. The normalized spacial score (nSPS) is 10.5. The molecule has 146 valence electrons. The van der Waals surface area contributed by atoms with Crippen LogP contribution in [-0.2, 0) is 16.0 Å². The summed E-state index contributed by atoms with van der Waals surface area (Å²) in [6, 6.07) is 11.1. The third-order valence-electron chi connectivity index (χ3n) is 4.04. The lowest BCUT2D eigenvalue weighted by Gasteiger charge is -2.20. The number of thiazole rings is 1. The van der Waals surface area contributed by atoms with Crippen LogP contribution < -0.4 is 10.1 Å². The van der Waals surface area contributed by atoms with Crippen molar-refractivity contribution in [1.82, 2.24) is 9.88 Å². The third-order valence-corrected chi connectivity index (χ3v) is 5.97. The van der Waals surface area contributed by atoms with E-state index in [1.165, 1.54) is 16.2 Å². The number of nitrogens with zero attached hydrogens (tertiary/aromatic N) is 2. The van der Waals surface area contributed by atoms with Gasteiger partial charge < -0.3 is 15.0 Å². The largest absolute Gasteiger partial charge is 0.497 e. The van der Waals surface area contributed by atoms with Gasteiger partial charge in [0.2, 0.25) is 11.8 Å². The summed E-state index contributed by atoms with van der Waals surface area (Å²) in [5, 5.41) is 7.61. The van der Waals surface area contributed by atoms with Crippen LogP contribution in [0.1, 0.15) is 12.6 Å². The van der Waals surface area contributed by atoms with Gasteiger partial charge in [0.1, 0.15) is 10.8 Å². The highest BCUT2D eigenvalue weighted by Crippen LogP contribution is 2.28. The molecule has 6 nitrogen and oxygen atoms in total. The molecule has 0 fully saturated rings. The summed E-state index contributed by atoms with van der Waals surface area (Å²) in [4.78, 5) is 32.1. The first-order valence-electron chi connectivity index (χ1n) is 8.79. The second-order valence-electron chi connectivity index (χ2n) is 5.99. The minimum Gasteiger partial charge on any atom is -0.497 e. The summed E-state index contributed by atoms with van der Waals surface area (Å²) in [5.74, 6) is 0.290. The number of likely N-dealkylation sites (N-methyl/N-ethyl adjacent to an activating group) is 1. The molecule has 0 saturated carbocycles. The van der Waals surface area contributed by atoms with Gasteiger partial charge in [0.15, 0.2) is 0 Å². The fourth-order valence-corrected chi connectivity index (χ4v) is 4.25.